The third-order valence-electron chi connectivity index (χ3n) is 4.75. The van der Waals surface area contributed by atoms with E-state index < -0.39 is 23.8 Å². The molecule has 1 aromatic heterocycles. The van der Waals surface area contributed by atoms with E-state index in [1.54, 1.807) is 13.0 Å². The lowest BCUT2D eigenvalue weighted by atomic mass is 10.1. The molecular weight excluding hydrogens is 362 g/mol. The Morgan fingerprint density at radius 3 is 2.39 bits per heavy atom. The summed E-state index contributed by atoms with van der Waals surface area (Å²) in [6, 6.07) is 5.72. The van der Waals surface area contributed by atoms with E-state index in [2.05, 4.69) is 5.32 Å². The van der Waals surface area contributed by atoms with Gasteiger partial charge in [0.1, 0.15) is 5.57 Å². The normalized spacial score (nSPS) is 15.9. The summed E-state index contributed by atoms with van der Waals surface area (Å²) in [5, 5.41) is 13.2. The van der Waals surface area contributed by atoms with Crippen molar-refractivity contribution in [3.05, 3.63) is 57.9 Å². The fourth-order valence-electron chi connectivity index (χ4n) is 3.24. The number of hydrogen-bond acceptors (Lipinski definition) is 5. The van der Waals surface area contributed by atoms with E-state index in [0.717, 1.165) is 27.5 Å². The number of aromatic carboxylic acids is 1. The summed E-state index contributed by atoms with van der Waals surface area (Å²) in [6.07, 6.45) is 1.45. The van der Waals surface area contributed by atoms with Crippen LogP contribution < -0.4 is 10.4 Å². The molecule has 2 aromatic rings. The number of aromatic nitrogens is 1. The number of barbiturate groups is 1. The minimum atomic E-state index is -1.25. The number of carbonyl (C=O) groups is 4. The van der Waals surface area contributed by atoms with E-state index in [1.807, 2.05) is 24.5 Å². The van der Waals surface area contributed by atoms with Gasteiger partial charge in [-0.1, -0.05) is 6.07 Å². The zero-order valence-electron chi connectivity index (χ0n) is 15.8. The first-order valence-corrected chi connectivity index (χ1v) is 8.48. The van der Waals surface area contributed by atoms with Crippen LogP contribution in [0.2, 0.25) is 0 Å². The smallest absolute Gasteiger partial charge is 0.331 e. The number of rotatable bonds is 3. The van der Waals surface area contributed by atoms with Crippen molar-refractivity contribution in [2.75, 3.05) is 7.05 Å². The molecule has 0 radical (unpaired) electrons. The molecule has 1 aromatic carbocycles. The summed E-state index contributed by atoms with van der Waals surface area (Å²) in [4.78, 5) is 47.8. The van der Waals surface area contributed by atoms with Gasteiger partial charge in [0.25, 0.3) is 11.8 Å². The molecule has 1 aliphatic rings. The van der Waals surface area contributed by atoms with E-state index in [0.29, 0.717) is 5.56 Å². The fraction of sp³-hybridized carbons (Fsp3) is 0.200. The molecular formula is C20H18N3O5-. The Balaban J connectivity index is 2.08. The highest BCUT2D eigenvalue weighted by Crippen LogP contribution is 2.26. The Hall–Kier alpha value is -3.68. The SMILES string of the molecule is Cc1cc(C(=O)[O-])ccc1-n1c(C)cc(/C=C2/C(=O)NC(=O)N(C)C2=O)c1C. The van der Waals surface area contributed by atoms with Crippen molar-refractivity contribution < 1.29 is 24.3 Å². The molecule has 8 heteroatoms. The lowest BCUT2D eigenvalue weighted by Crippen LogP contribution is -2.52. The molecule has 1 saturated heterocycles. The van der Waals surface area contributed by atoms with Crippen LogP contribution in [-0.4, -0.2) is 40.3 Å². The molecule has 3 rings (SSSR count). The molecule has 28 heavy (non-hydrogen) atoms. The van der Waals surface area contributed by atoms with E-state index in [-0.39, 0.29) is 11.1 Å². The van der Waals surface area contributed by atoms with Crippen molar-refractivity contribution >= 4 is 29.9 Å². The third-order valence-corrected chi connectivity index (χ3v) is 4.75. The van der Waals surface area contributed by atoms with Crippen molar-refractivity contribution in [2.45, 2.75) is 20.8 Å². The number of likely N-dealkylation sites (N-methyl/N-ethyl adjacent to an activating group) is 1. The van der Waals surface area contributed by atoms with Gasteiger partial charge in [-0.15, -0.1) is 0 Å². The van der Waals surface area contributed by atoms with E-state index in [4.69, 9.17) is 0 Å². The molecule has 0 saturated carbocycles. The monoisotopic (exact) mass is 380 g/mol. The van der Waals surface area contributed by atoms with Crippen LogP contribution in [-0.2, 0) is 9.59 Å². The Morgan fingerprint density at radius 2 is 1.79 bits per heavy atom. The summed E-state index contributed by atoms with van der Waals surface area (Å²) in [5.74, 6) is -2.66. The van der Waals surface area contributed by atoms with Crippen LogP contribution in [0.5, 0.6) is 0 Å². The van der Waals surface area contributed by atoms with Crippen LogP contribution >= 0.6 is 0 Å². The van der Waals surface area contributed by atoms with Crippen molar-refractivity contribution in [3.8, 4) is 5.69 Å². The first-order chi connectivity index (χ1) is 13.1. The van der Waals surface area contributed by atoms with Crippen LogP contribution in [0, 0.1) is 20.8 Å². The number of nitrogens with zero attached hydrogens (tertiary/aromatic N) is 2. The second-order valence-corrected chi connectivity index (χ2v) is 6.63. The second kappa shape index (κ2) is 6.80. The number of benzene rings is 1. The molecule has 0 bridgehead atoms. The number of carboxylic acid groups (broad SMARTS) is 1. The van der Waals surface area contributed by atoms with Crippen LogP contribution in [0.25, 0.3) is 11.8 Å². The van der Waals surface area contributed by atoms with Crippen LogP contribution in [0.15, 0.2) is 29.8 Å². The number of urea groups is 1. The number of carbonyl (C=O) groups excluding carboxylic acids is 4. The summed E-state index contributed by atoms with van der Waals surface area (Å²) < 4.78 is 1.90. The minimum absolute atomic E-state index is 0.0863. The first-order valence-electron chi connectivity index (χ1n) is 8.48. The average molecular weight is 380 g/mol. The maximum atomic E-state index is 12.3. The topological polar surface area (TPSA) is 112 Å². The predicted molar refractivity (Wildman–Crippen MR) is 98.6 cm³/mol. The fourth-order valence-corrected chi connectivity index (χ4v) is 3.24. The van der Waals surface area contributed by atoms with Crippen LogP contribution in [0.4, 0.5) is 4.79 Å². The standard InChI is InChI=1S/C20H19N3O5/c1-10-7-13(19(26)27)5-6-16(10)23-11(2)8-14(12(23)3)9-15-17(24)21-20(28)22(4)18(15)25/h5-9H,1-4H3,(H,26,27)(H,21,24,28)/p-1/b15-9-. The Morgan fingerprint density at radius 1 is 1.11 bits per heavy atom. The van der Waals surface area contributed by atoms with Gasteiger partial charge in [0, 0.05) is 24.1 Å². The third kappa shape index (κ3) is 3.09. The molecule has 2 heterocycles. The Kier molecular flexibility index (Phi) is 4.64. The van der Waals surface area contributed by atoms with Crippen LogP contribution in [0.1, 0.15) is 32.9 Å². The highest BCUT2D eigenvalue weighted by Gasteiger charge is 2.33. The van der Waals surface area contributed by atoms with Gasteiger partial charge < -0.3 is 14.5 Å². The van der Waals surface area contributed by atoms with Gasteiger partial charge in [0.15, 0.2) is 0 Å². The van der Waals surface area contributed by atoms with Gasteiger partial charge in [-0.05, 0) is 61.7 Å². The molecule has 1 N–H and O–H groups in total. The number of aryl methyl sites for hydroxylation is 2. The molecule has 4 amide bonds. The molecule has 1 aliphatic heterocycles. The quantitative estimate of drug-likeness (QED) is 0.627. The van der Waals surface area contributed by atoms with Gasteiger partial charge in [-0.3, -0.25) is 19.8 Å². The largest absolute Gasteiger partial charge is 0.545 e. The molecule has 8 nitrogen and oxygen atoms in total. The van der Waals surface area contributed by atoms with Gasteiger partial charge in [-0.2, -0.15) is 0 Å². The van der Waals surface area contributed by atoms with Crippen molar-refractivity contribution in [3.63, 3.8) is 0 Å². The first kappa shape index (κ1) is 19.1. The van der Waals surface area contributed by atoms with Gasteiger partial charge in [0.2, 0.25) is 0 Å². The van der Waals surface area contributed by atoms with E-state index in [9.17, 15) is 24.3 Å². The average Bonchev–Trinajstić information content (AvgIpc) is 2.90. The maximum Gasteiger partial charge on any atom is 0.331 e. The number of carboxylic acids is 1. The summed E-state index contributed by atoms with van der Waals surface area (Å²) in [5.41, 5.74) is 3.70. The van der Waals surface area contributed by atoms with E-state index >= 15 is 0 Å². The lowest BCUT2D eigenvalue weighted by molar-refractivity contribution is -0.255. The van der Waals surface area contributed by atoms with Gasteiger partial charge >= 0.3 is 6.03 Å². The summed E-state index contributed by atoms with van der Waals surface area (Å²) in [7, 11) is 1.30. The Bertz CT molecular complexity index is 1080. The van der Waals surface area contributed by atoms with Gasteiger partial charge in [-0.25, -0.2) is 4.79 Å². The Labute approximate surface area is 161 Å². The molecule has 144 valence electrons. The summed E-state index contributed by atoms with van der Waals surface area (Å²) >= 11 is 0. The highest BCUT2D eigenvalue weighted by molar-refractivity contribution is 6.30. The number of imide groups is 2. The zero-order chi connectivity index (χ0) is 20.7. The zero-order valence-corrected chi connectivity index (χ0v) is 15.8. The number of amides is 4. The lowest BCUT2D eigenvalue weighted by Gasteiger charge is -2.22. The highest BCUT2D eigenvalue weighted by atomic mass is 16.4. The van der Waals surface area contributed by atoms with Gasteiger partial charge in [0.05, 0.1) is 5.97 Å². The maximum absolute atomic E-state index is 12.3. The second-order valence-electron chi connectivity index (χ2n) is 6.63. The van der Waals surface area contributed by atoms with E-state index in [1.165, 1.54) is 25.3 Å². The molecule has 1 fully saturated rings. The number of nitrogens with one attached hydrogen (secondary N) is 1. The summed E-state index contributed by atoms with van der Waals surface area (Å²) in [6.45, 7) is 5.47. The molecule has 0 atom stereocenters. The van der Waals surface area contributed by atoms with Crippen molar-refractivity contribution in [2.24, 2.45) is 0 Å². The predicted octanol–water partition coefficient (Wildman–Crippen LogP) is 0.858. The van der Waals surface area contributed by atoms with Crippen molar-refractivity contribution in [1.29, 1.82) is 0 Å². The number of hydrogen-bond donors (Lipinski definition) is 1. The molecule has 0 unspecified atom stereocenters. The molecule has 0 spiro atoms. The van der Waals surface area contributed by atoms with Crippen molar-refractivity contribution in [1.82, 2.24) is 14.8 Å². The van der Waals surface area contributed by atoms with Crippen LogP contribution in [0.3, 0.4) is 0 Å². The molecule has 0 aliphatic carbocycles. The minimum Gasteiger partial charge on any atom is -0.545 e.